The van der Waals surface area contributed by atoms with Gasteiger partial charge in [0.05, 0.1) is 47.3 Å². The number of aromatic nitrogens is 5. The van der Waals surface area contributed by atoms with Crippen LogP contribution in [-0.2, 0) is 0 Å². The average molecular weight is 366 g/mol. The molecule has 0 aliphatic heterocycles. The van der Waals surface area contributed by atoms with Crippen LogP contribution in [0, 0.1) is 18.6 Å². The Morgan fingerprint density at radius 2 is 1.85 bits per heavy atom. The zero-order valence-corrected chi connectivity index (χ0v) is 14.0. The van der Waals surface area contributed by atoms with Crippen molar-refractivity contribution < 1.29 is 13.6 Å². The zero-order valence-electron chi connectivity index (χ0n) is 14.0. The number of rotatable bonds is 3. The Kier molecular flexibility index (Phi) is 4.03. The van der Waals surface area contributed by atoms with Crippen molar-refractivity contribution in [3.63, 3.8) is 0 Å². The molecular weight excluding hydrogens is 354 g/mol. The van der Waals surface area contributed by atoms with Gasteiger partial charge in [-0.3, -0.25) is 14.8 Å². The normalized spacial score (nSPS) is 10.9. The van der Waals surface area contributed by atoms with Gasteiger partial charge in [0.15, 0.2) is 17.5 Å². The number of carbonyl (C=O) groups excluding carboxylic acids is 1. The molecule has 1 amide bonds. The standard InChI is InChI=1S/C18H12F2N6O/c1-10-16(14-4-2-3-5-26(14)25-10)13-8-23-15(9-22-13)24-18(27)17-11(19)6-21-7-12(17)20/h2-9H,1H3,(H,23,24,27). The Hall–Kier alpha value is -3.75. The largest absolute Gasteiger partial charge is 0.305 e. The summed E-state index contributed by atoms with van der Waals surface area (Å²) in [7, 11) is 0. The highest BCUT2D eigenvalue weighted by Crippen LogP contribution is 2.26. The number of hydrogen-bond acceptors (Lipinski definition) is 5. The smallest absolute Gasteiger partial charge is 0.262 e. The van der Waals surface area contributed by atoms with Crippen LogP contribution in [0.2, 0.25) is 0 Å². The van der Waals surface area contributed by atoms with E-state index < -0.39 is 23.1 Å². The summed E-state index contributed by atoms with van der Waals surface area (Å²) in [6, 6.07) is 5.66. The number of pyridine rings is 2. The fourth-order valence-corrected chi connectivity index (χ4v) is 2.76. The minimum atomic E-state index is -1.06. The molecule has 7 nitrogen and oxygen atoms in total. The van der Waals surface area contributed by atoms with E-state index in [2.05, 4.69) is 25.4 Å². The minimum absolute atomic E-state index is 0.0634. The van der Waals surface area contributed by atoms with Gasteiger partial charge in [0.1, 0.15) is 5.56 Å². The summed E-state index contributed by atoms with van der Waals surface area (Å²) in [6.07, 6.45) is 6.13. The summed E-state index contributed by atoms with van der Waals surface area (Å²) < 4.78 is 29.0. The Balaban J connectivity index is 1.63. The van der Waals surface area contributed by atoms with Crippen LogP contribution in [0.5, 0.6) is 0 Å². The maximum Gasteiger partial charge on any atom is 0.262 e. The van der Waals surface area contributed by atoms with Crippen molar-refractivity contribution in [3.05, 3.63) is 72.1 Å². The highest BCUT2D eigenvalue weighted by atomic mass is 19.1. The molecule has 0 fully saturated rings. The number of amides is 1. The van der Waals surface area contributed by atoms with Crippen LogP contribution in [0.1, 0.15) is 16.1 Å². The lowest BCUT2D eigenvalue weighted by atomic mass is 10.1. The van der Waals surface area contributed by atoms with E-state index >= 15 is 0 Å². The molecule has 9 heteroatoms. The summed E-state index contributed by atoms with van der Waals surface area (Å²) in [5, 5.41) is 6.73. The topological polar surface area (TPSA) is 85.1 Å². The molecule has 0 aliphatic carbocycles. The van der Waals surface area contributed by atoms with Crippen molar-refractivity contribution in [1.82, 2.24) is 24.6 Å². The predicted octanol–water partition coefficient (Wildman–Crippen LogP) is 3.03. The first-order valence-corrected chi connectivity index (χ1v) is 7.91. The third-order valence-electron chi connectivity index (χ3n) is 3.95. The summed E-state index contributed by atoms with van der Waals surface area (Å²) in [5.41, 5.74) is 2.28. The average Bonchev–Trinajstić information content (AvgIpc) is 2.98. The highest BCUT2D eigenvalue weighted by Gasteiger charge is 2.19. The number of aryl methyl sites for hydroxylation is 1. The van der Waals surface area contributed by atoms with E-state index in [1.807, 2.05) is 31.3 Å². The monoisotopic (exact) mass is 366 g/mol. The van der Waals surface area contributed by atoms with Gasteiger partial charge >= 0.3 is 0 Å². The molecule has 4 aromatic rings. The Morgan fingerprint density at radius 3 is 2.56 bits per heavy atom. The second kappa shape index (κ2) is 6.52. The van der Waals surface area contributed by atoms with Gasteiger partial charge in [0.25, 0.3) is 5.91 Å². The van der Waals surface area contributed by atoms with Crippen LogP contribution in [0.3, 0.4) is 0 Å². The summed E-state index contributed by atoms with van der Waals surface area (Å²) in [4.78, 5) is 23.8. The lowest BCUT2D eigenvalue weighted by molar-refractivity contribution is 0.101. The van der Waals surface area contributed by atoms with Crippen molar-refractivity contribution in [3.8, 4) is 11.3 Å². The number of carbonyl (C=O) groups is 1. The molecule has 0 unspecified atom stereocenters. The maximum absolute atomic E-state index is 13.6. The highest BCUT2D eigenvalue weighted by molar-refractivity contribution is 6.04. The molecular formula is C18H12F2N6O. The fourth-order valence-electron chi connectivity index (χ4n) is 2.76. The molecule has 0 radical (unpaired) electrons. The van der Waals surface area contributed by atoms with E-state index in [1.165, 1.54) is 12.4 Å². The molecule has 4 heterocycles. The summed E-state index contributed by atoms with van der Waals surface area (Å²) in [6.45, 7) is 1.86. The van der Waals surface area contributed by atoms with E-state index in [1.54, 1.807) is 4.52 Å². The van der Waals surface area contributed by atoms with Gasteiger partial charge in [-0.25, -0.2) is 18.3 Å². The first-order chi connectivity index (χ1) is 13.0. The van der Waals surface area contributed by atoms with Gasteiger partial charge < -0.3 is 5.32 Å². The van der Waals surface area contributed by atoms with Crippen LogP contribution in [0.15, 0.2) is 49.2 Å². The van der Waals surface area contributed by atoms with Gasteiger partial charge in [-0.15, -0.1) is 0 Å². The van der Waals surface area contributed by atoms with Gasteiger partial charge in [-0.2, -0.15) is 5.10 Å². The van der Waals surface area contributed by atoms with Crippen molar-refractivity contribution in [2.45, 2.75) is 6.92 Å². The number of halogens is 2. The molecule has 0 spiro atoms. The van der Waals surface area contributed by atoms with Crippen molar-refractivity contribution in [1.29, 1.82) is 0 Å². The third-order valence-corrected chi connectivity index (χ3v) is 3.95. The fraction of sp³-hybridized carbons (Fsp3) is 0.0556. The van der Waals surface area contributed by atoms with Crippen LogP contribution in [0.4, 0.5) is 14.6 Å². The molecule has 0 atom stereocenters. The van der Waals surface area contributed by atoms with Crippen molar-refractivity contribution >= 4 is 17.2 Å². The Bertz CT molecular complexity index is 1140. The number of nitrogens with zero attached hydrogens (tertiary/aromatic N) is 5. The Morgan fingerprint density at radius 1 is 1.07 bits per heavy atom. The molecule has 4 aromatic heterocycles. The number of anilines is 1. The predicted molar refractivity (Wildman–Crippen MR) is 93.1 cm³/mol. The van der Waals surface area contributed by atoms with E-state index in [9.17, 15) is 13.6 Å². The van der Waals surface area contributed by atoms with Crippen LogP contribution in [0.25, 0.3) is 16.8 Å². The third kappa shape index (κ3) is 2.99. The molecule has 27 heavy (non-hydrogen) atoms. The Labute approximate surface area is 151 Å². The van der Waals surface area contributed by atoms with Gasteiger partial charge in [0.2, 0.25) is 0 Å². The molecule has 134 valence electrons. The van der Waals surface area contributed by atoms with Gasteiger partial charge in [-0.1, -0.05) is 6.07 Å². The molecule has 0 bridgehead atoms. The molecule has 1 N–H and O–H groups in total. The van der Waals surface area contributed by atoms with Crippen molar-refractivity contribution in [2.75, 3.05) is 5.32 Å². The van der Waals surface area contributed by atoms with Gasteiger partial charge in [-0.05, 0) is 19.1 Å². The van der Waals surface area contributed by atoms with Crippen LogP contribution < -0.4 is 5.32 Å². The summed E-state index contributed by atoms with van der Waals surface area (Å²) in [5.74, 6) is -3.02. The molecule has 0 saturated carbocycles. The second-order valence-electron chi connectivity index (χ2n) is 5.71. The SMILES string of the molecule is Cc1nn2ccccc2c1-c1cnc(NC(=O)c2c(F)cncc2F)cn1. The second-order valence-corrected chi connectivity index (χ2v) is 5.71. The lowest BCUT2D eigenvalue weighted by Crippen LogP contribution is -2.17. The van der Waals surface area contributed by atoms with Crippen molar-refractivity contribution in [2.24, 2.45) is 0 Å². The minimum Gasteiger partial charge on any atom is -0.305 e. The summed E-state index contributed by atoms with van der Waals surface area (Å²) >= 11 is 0. The number of nitrogens with one attached hydrogen (secondary N) is 1. The number of fused-ring (bicyclic) bond motifs is 1. The van der Waals surface area contributed by atoms with Crippen LogP contribution in [-0.4, -0.2) is 30.5 Å². The van der Waals surface area contributed by atoms with E-state index in [-0.39, 0.29) is 5.82 Å². The lowest BCUT2D eigenvalue weighted by Gasteiger charge is -2.06. The van der Waals surface area contributed by atoms with E-state index in [0.29, 0.717) is 5.69 Å². The molecule has 0 saturated heterocycles. The first-order valence-electron chi connectivity index (χ1n) is 7.91. The van der Waals surface area contributed by atoms with E-state index in [0.717, 1.165) is 29.2 Å². The molecule has 0 aromatic carbocycles. The maximum atomic E-state index is 13.6. The molecule has 4 rings (SSSR count). The first kappa shape index (κ1) is 16.7. The number of hydrogen-bond donors (Lipinski definition) is 1. The van der Waals surface area contributed by atoms with Crippen LogP contribution >= 0.6 is 0 Å². The van der Waals surface area contributed by atoms with Gasteiger partial charge in [0, 0.05) is 6.20 Å². The zero-order chi connectivity index (χ0) is 19.0. The van der Waals surface area contributed by atoms with E-state index in [4.69, 9.17) is 0 Å². The quantitative estimate of drug-likeness (QED) is 0.602. The molecule has 0 aliphatic rings.